The Morgan fingerprint density at radius 3 is 2.85 bits per heavy atom. The van der Waals surface area contributed by atoms with Crippen molar-refractivity contribution in [2.75, 3.05) is 18.1 Å². The van der Waals surface area contributed by atoms with Crippen molar-refractivity contribution in [1.29, 1.82) is 0 Å². The third-order valence-corrected chi connectivity index (χ3v) is 6.86. The molecule has 2 aromatic rings. The van der Waals surface area contributed by atoms with E-state index in [1.807, 2.05) is 24.3 Å². The van der Waals surface area contributed by atoms with Gasteiger partial charge in [0.1, 0.15) is 0 Å². The average molecular weight is 460 g/mol. The van der Waals surface area contributed by atoms with Crippen LogP contribution in [-0.2, 0) is 16.5 Å². The molecule has 6 nitrogen and oxygen atoms in total. The Kier molecular flexibility index (Phi) is 6.01. The first-order chi connectivity index (χ1) is 12.2. The van der Waals surface area contributed by atoms with Crippen molar-refractivity contribution in [2.45, 2.75) is 33.0 Å². The van der Waals surface area contributed by atoms with Gasteiger partial charge >= 0.3 is 0 Å². The van der Waals surface area contributed by atoms with Gasteiger partial charge < -0.3 is 4.42 Å². The van der Waals surface area contributed by atoms with E-state index in [9.17, 15) is 8.42 Å². The van der Waals surface area contributed by atoms with Crippen LogP contribution in [0.1, 0.15) is 20.3 Å². The minimum Gasteiger partial charge on any atom is -0.409 e. The van der Waals surface area contributed by atoms with Gasteiger partial charge in [-0.25, -0.2) is 13.1 Å². The van der Waals surface area contributed by atoms with Crippen LogP contribution in [0, 0.1) is 10.8 Å². The van der Waals surface area contributed by atoms with E-state index in [1.165, 1.54) is 0 Å². The van der Waals surface area contributed by atoms with E-state index < -0.39 is 9.84 Å². The number of halogens is 1. The zero-order valence-corrected chi connectivity index (χ0v) is 18.0. The molecule has 1 unspecified atom stereocenters. The first kappa shape index (κ1) is 19.7. The molecule has 0 saturated carbocycles. The van der Waals surface area contributed by atoms with Crippen LogP contribution in [0.5, 0.6) is 0 Å². The van der Waals surface area contributed by atoms with Crippen molar-refractivity contribution in [2.24, 2.45) is 5.92 Å². The number of rotatable bonds is 6. The number of nitrogens with zero attached hydrogens (tertiary/aromatic N) is 3. The van der Waals surface area contributed by atoms with E-state index in [4.69, 9.17) is 16.6 Å². The number of aromatic nitrogens is 2. The molecule has 142 valence electrons. The Labute approximate surface area is 167 Å². The monoisotopic (exact) mass is 459 g/mol. The van der Waals surface area contributed by atoms with E-state index in [1.54, 1.807) is 4.68 Å². The highest BCUT2D eigenvalue weighted by Crippen LogP contribution is 2.23. The summed E-state index contributed by atoms with van der Waals surface area (Å²) in [6.45, 7) is 5.44. The first-order valence-corrected chi connectivity index (χ1v) is 11.5. The second-order valence-corrected chi connectivity index (χ2v) is 10.5. The van der Waals surface area contributed by atoms with Crippen LogP contribution in [0.4, 0.5) is 0 Å². The molecule has 1 aliphatic rings. The van der Waals surface area contributed by atoms with Crippen molar-refractivity contribution < 1.29 is 12.8 Å². The summed E-state index contributed by atoms with van der Waals surface area (Å²) in [6.07, 6.45) is 0.652. The fourth-order valence-corrected chi connectivity index (χ4v) is 5.50. The fraction of sp³-hybridized carbons (Fsp3) is 0.529. The number of hydrogen-bond donors (Lipinski definition) is 0. The second kappa shape index (κ2) is 7.92. The van der Waals surface area contributed by atoms with Crippen LogP contribution in [0.2, 0.25) is 0 Å². The van der Waals surface area contributed by atoms with Gasteiger partial charge in [0.05, 0.1) is 18.2 Å². The molecule has 0 spiro atoms. The smallest absolute Gasteiger partial charge is 0.288 e. The van der Waals surface area contributed by atoms with Crippen molar-refractivity contribution >= 4 is 38.0 Å². The quantitative estimate of drug-likeness (QED) is 0.612. The lowest BCUT2D eigenvalue weighted by atomic mass is 10.1. The van der Waals surface area contributed by atoms with Crippen molar-refractivity contribution in [3.63, 3.8) is 0 Å². The molecule has 9 heteroatoms. The zero-order chi connectivity index (χ0) is 18.9. The highest BCUT2D eigenvalue weighted by Gasteiger charge is 2.33. The lowest BCUT2D eigenvalue weighted by Crippen LogP contribution is -2.40. The molecule has 2 heterocycles. The molecule has 1 aromatic heterocycles. The fourth-order valence-electron chi connectivity index (χ4n) is 3.16. The largest absolute Gasteiger partial charge is 0.409 e. The second-order valence-electron chi connectivity index (χ2n) is 7.05. The van der Waals surface area contributed by atoms with Gasteiger partial charge in [0.2, 0.25) is 5.89 Å². The average Bonchev–Trinajstić information content (AvgIpc) is 3.09. The summed E-state index contributed by atoms with van der Waals surface area (Å²) in [6, 6.07) is 7.66. The topological polar surface area (TPSA) is 68.3 Å². The highest BCUT2D eigenvalue weighted by atomic mass is 79.9. The predicted octanol–water partition coefficient (Wildman–Crippen LogP) is 3.74. The number of sulfone groups is 1. The Bertz CT molecular complexity index is 937. The SMILES string of the molecule is CC(C)CN(Cn1nc(-c2cccc(Br)c2)oc1=S)C1CCS(=O)(=O)C1. The van der Waals surface area contributed by atoms with Crippen LogP contribution >= 0.6 is 28.1 Å². The maximum atomic E-state index is 11.9. The number of hydrogen-bond acceptors (Lipinski definition) is 6. The van der Waals surface area contributed by atoms with Crippen LogP contribution in [-0.4, -0.2) is 47.2 Å². The number of benzene rings is 1. The van der Waals surface area contributed by atoms with Crippen molar-refractivity contribution in [3.05, 3.63) is 33.6 Å². The lowest BCUT2D eigenvalue weighted by molar-refractivity contribution is 0.136. The van der Waals surface area contributed by atoms with E-state index in [0.29, 0.717) is 24.9 Å². The molecular weight excluding hydrogens is 438 g/mol. The standard InChI is InChI=1S/C17H22BrN3O3S2/c1-12(2)9-20(15-6-7-26(22,23)10-15)11-21-17(25)24-16(19-21)13-4-3-5-14(18)8-13/h3-5,8,12,15H,6-7,9-11H2,1-2H3. The minimum absolute atomic E-state index is 0.00433. The lowest BCUT2D eigenvalue weighted by Gasteiger charge is -2.29. The maximum absolute atomic E-state index is 11.9. The molecule has 1 aliphatic heterocycles. The summed E-state index contributed by atoms with van der Waals surface area (Å²) >= 11 is 8.77. The molecular formula is C17H22BrN3O3S2. The Hall–Kier alpha value is -1.03. The molecule has 1 saturated heterocycles. The van der Waals surface area contributed by atoms with Gasteiger partial charge in [-0.1, -0.05) is 35.8 Å². The van der Waals surface area contributed by atoms with Gasteiger partial charge in [0.25, 0.3) is 4.84 Å². The van der Waals surface area contributed by atoms with Crippen LogP contribution in [0.25, 0.3) is 11.5 Å². The summed E-state index contributed by atoms with van der Waals surface area (Å²) in [5.41, 5.74) is 0.836. The van der Waals surface area contributed by atoms with E-state index >= 15 is 0 Å². The van der Waals surface area contributed by atoms with Crippen LogP contribution in [0.3, 0.4) is 0 Å². The molecule has 0 bridgehead atoms. The maximum Gasteiger partial charge on any atom is 0.288 e. The summed E-state index contributed by atoms with van der Waals surface area (Å²) in [7, 11) is -2.95. The summed E-state index contributed by atoms with van der Waals surface area (Å²) in [4.78, 5) is 2.44. The molecule has 0 amide bonds. The predicted molar refractivity (Wildman–Crippen MR) is 107 cm³/mol. The van der Waals surface area contributed by atoms with Crippen LogP contribution < -0.4 is 0 Å². The van der Waals surface area contributed by atoms with Gasteiger partial charge in [-0.3, -0.25) is 4.90 Å². The van der Waals surface area contributed by atoms with Gasteiger partial charge in [0, 0.05) is 22.6 Å². The molecule has 0 aliphatic carbocycles. The Morgan fingerprint density at radius 1 is 1.46 bits per heavy atom. The molecule has 1 aromatic carbocycles. The minimum atomic E-state index is -2.95. The Balaban J connectivity index is 1.84. The van der Waals surface area contributed by atoms with Gasteiger partial charge in [-0.15, -0.1) is 5.10 Å². The third kappa shape index (κ3) is 4.82. The normalized spacial score (nSPS) is 19.5. The van der Waals surface area contributed by atoms with Crippen LogP contribution in [0.15, 0.2) is 33.2 Å². The zero-order valence-electron chi connectivity index (χ0n) is 14.8. The first-order valence-electron chi connectivity index (χ1n) is 8.52. The summed E-state index contributed by atoms with van der Waals surface area (Å²) in [5.74, 6) is 1.31. The van der Waals surface area contributed by atoms with Gasteiger partial charge in [-0.2, -0.15) is 0 Å². The van der Waals surface area contributed by atoms with E-state index in [-0.39, 0.29) is 22.4 Å². The van der Waals surface area contributed by atoms with E-state index in [0.717, 1.165) is 16.6 Å². The molecule has 1 fully saturated rings. The summed E-state index contributed by atoms with van der Waals surface area (Å²) in [5, 5.41) is 4.51. The van der Waals surface area contributed by atoms with Crippen molar-refractivity contribution in [3.8, 4) is 11.5 Å². The Morgan fingerprint density at radius 2 is 2.23 bits per heavy atom. The van der Waals surface area contributed by atoms with E-state index in [2.05, 4.69) is 39.8 Å². The molecule has 0 N–H and O–H groups in total. The molecule has 0 radical (unpaired) electrons. The van der Waals surface area contributed by atoms with Crippen molar-refractivity contribution in [1.82, 2.24) is 14.7 Å². The molecule has 26 heavy (non-hydrogen) atoms. The summed E-state index contributed by atoms with van der Waals surface area (Å²) < 4.78 is 32.0. The molecule has 3 rings (SSSR count). The highest BCUT2D eigenvalue weighted by molar-refractivity contribution is 9.10. The molecule has 1 atom stereocenters. The van der Waals surface area contributed by atoms with Gasteiger partial charge in [0.15, 0.2) is 9.84 Å². The third-order valence-electron chi connectivity index (χ3n) is 4.32. The van der Waals surface area contributed by atoms with Gasteiger partial charge in [-0.05, 0) is 42.8 Å².